The molecule has 0 spiro atoms. The van der Waals surface area contributed by atoms with Gasteiger partial charge < -0.3 is 22.1 Å². The van der Waals surface area contributed by atoms with Gasteiger partial charge in [-0.15, -0.1) is 0 Å². The van der Waals surface area contributed by atoms with Gasteiger partial charge in [-0.2, -0.15) is 0 Å². The van der Waals surface area contributed by atoms with Crippen molar-refractivity contribution in [2.45, 2.75) is 24.9 Å². The second kappa shape index (κ2) is 11.6. The van der Waals surface area contributed by atoms with Gasteiger partial charge in [0, 0.05) is 19.3 Å². The van der Waals surface area contributed by atoms with E-state index in [0.29, 0.717) is 5.56 Å². The maximum Gasteiger partial charge on any atom is 1.00 e. The fourth-order valence-electron chi connectivity index (χ4n) is 3.27. The van der Waals surface area contributed by atoms with Crippen LogP contribution in [0.3, 0.4) is 0 Å². The Morgan fingerprint density at radius 3 is 2.31 bits per heavy atom. The maximum absolute atomic E-state index is 12.4. The monoisotopic (exact) mass is 445 g/mol. The number of carbonyl (C=O) groups is 4. The average molecular weight is 445 g/mol. The SMILES string of the molecule is CN1C=CC(=O)C(NC(=O)NC(CC(=O)O)c2ccc(Cc3ccccc3)cc2)C1=O.[H-].[Na+]. The number of amides is 3. The van der Waals surface area contributed by atoms with Crippen molar-refractivity contribution in [1.82, 2.24) is 15.5 Å². The Morgan fingerprint density at radius 2 is 1.69 bits per heavy atom. The van der Waals surface area contributed by atoms with Crippen LogP contribution in [0.1, 0.15) is 30.6 Å². The van der Waals surface area contributed by atoms with Crippen LogP contribution < -0.4 is 40.2 Å². The summed E-state index contributed by atoms with van der Waals surface area (Å²) in [5.41, 5.74) is 2.80. The van der Waals surface area contributed by atoms with Gasteiger partial charge in [0.15, 0.2) is 11.8 Å². The van der Waals surface area contributed by atoms with Crippen molar-refractivity contribution >= 4 is 23.7 Å². The average Bonchev–Trinajstić information content (AvgIpc) is 2.74. The van der Waals surface area contributed by atoms with E-state index in [1.807, 2.05) is 42.5 Å². The van der Waals surface area contributed by atoms with Crippen LogP contribution in [-0.2, 0) is 20.8 Å². The number of aliphatic carboxylic acids is 1. The van der Waals surface area contributed by atoms with Crippen LogP contribution >= 0.6 is 0 Å². The summed E-state index contributed by atoms with van der Waals surface area (Å²) in [6.07, 6.45) is 2.90. The Labute approximate surface area is 209 Å². The van der Waals surface area contributed by atoms with E-state index in [1.54, 1.807) is 12.1 Å². The third kappa shape index (κ3) is 6.78. The zero-order chi connectivity index (χ0) is 22.4. The Kier molecular flexibility index (Phi) is 9.19. The summed E-state index contributed by atoms with van der Waals surface area (Å²) in [4.78, 5) is 49.0. The van der Waals surface area contributed by atoms with E-state index in [1.165, 1.54) is 24.2 Å². The molecule has 0 radical (unpaired) electrons. The molecule has 3 amide bonds. The zero-order valence-corrected chi connectivity index (χ0v) is 19.9. The number of carboxylic acids is 1. The van der Waals surface area contributed by atoms with Gasteiger partial charge in [0.1, 0.15) is 0 Å². The quantitative estimate of drug-likeness (QED) is 0.379. The summed E-state index contributed by atoms with van der Waals surface area (Å²) < 4.78 is 0. The smallest absolute Gasteiger partial charge is 1.00 e. The minimum atomic E-state index is -1.34. The first-order valence-corrected chi connectivity index (χ1v) is 9.74. The molecule has 2 unspecified atom stereocenters. The summed E-state index contributed by atoms with van der Waals surface area (Å²) in [6, 6.07) is 14.2. The van der Waals surface area contributed by atoms with Gasteiger partial charge in [0.25, 0.3) is 5.91 Å². The molecular weight excluding hydrogens is 421 g/mol. The Hall–Kier alpha value is -2.94. The van der Waals surface area contributed by atoms with E-state index < -0.39 is 35.8 Å². The third-order valence-electron chi connectivity index (χ3n) is 4.93. The van der Waals surface area contributed by atoms with Crippen LogP contribution in [0.4, 0.5) is 4.79 Å². The third-order valence-corrected chi connectivity index (χ3v) is 4.93. The number of likely N-dealkylation sites (N-methyl/N-ethyl adjacent to an activating group) is 1. The molecule has 2 aromatic rings. The van der Waals surface area contributed by atoms with Crippen molar-refractivity contribution in [3.8, 4) is 0 Å². The molecule has 32 heavy (non-hydrogen) atoms. The molecule has 0 fully saturated rings. The van der Waals surface area contributed by atoms with Gasteiger partial charge in [-0.1, -0.05) is 54.6 Å². The minimum Gasteiger partial charge on any atom is -1.00 e. The molecule has 0 aromatic heterocycles. The number of hydrogen-bond donors (Lipinski definition) is 3. The van der Waals surface area contributed by atoms with Crippen molar-refractivity contribution in [3.05, 3.63) is 83.6 Å². The standard InChI is InChI=1S/C23H23N3O5.Na.H/c1-26-12-11-19(27)21(22(26)30)25-23(31)24-18(14-20(28)29)17-9-7-16(8-10-17)13-15-5-3-2-4-6-15;;/h2-12,18,21H,13-14H2,1H3,(H,28,29)(H2,24,25,31);;/q;+1;-1. The topological polar surface area (TPSA) is 116 Å². The summed E-state index contributed by atoms with van der Waals surface area (Å²) >= 11 is 0. The fourth-order valence-corrected chi connectivity index (χ4v) is 3.27. The molecule has 2 atom stereocenters. The van der Waals surface area contributed by atoms with Gasteiger partial charge >= 0.3 is 41.6 Å². The molecule has 3 rings (SSSR count). The molecular formula is C23H24N3NaO5. The number of ketones is 1. The van der Waals surface area contributed by atoms with Crippen molar-refractivity contribution < 1.29 is 55.3 Å². The van der Waals surface area contributed by atoms with Crippen molar-refractivity contribution in [2.75, 3.05) is 7.05 Å². The van der Waals surface area contributed by atoms with Crippen LogP contribution in [0.15, 0.2) is 66.9 Å². The number of urea groups is 1. The molecule has 1 heterocycles. The first-order chi connectivity index (χ1) is 14.8. The van der Waals surface area contributed by atoms with Crippen LogP contribution in [0, 0.1) is 0 Å². The molecule has 0 saturated carbocycles. The van der Waals surface area contributed by atoms with Gasteiger partial charge in [0.05, 0.1) is 12.5 Å². The van der Waals surface area contributed by atoms with Crippen LogP contribution in [0.5, 0.6) is 0 Å². The molecule has 1 aliphatic rings. The fraction of sp³-hybridized carbons (Fsp3) is 0.217. The molecule has 0 bridgehead atoms. The molecule has 162 valence electrons. The predicted molar refractivity (Wildman–Crippen MR) is 114 cm³/mol. The maximum atomic E-state index is 12.4. The molecule has 3 N–H and O–H groups in total. The van der Waals surface area contributed by atoms with Crippen molar-refractivity contribution in [3.63, 3.8) is 0 Å². The minimum absolute atomic E-state index is 0. The van der Waals surface area contributed by atoms with Crippen molar-refractivity contribution in [1.29, 1.82) is 0 Å². The van der Waals surface area contributed by atoms with Gasteiger partial charge in [-0.25, -0.2) is 4.79 Å². The summed E-state index contributed by atoms with van der Waals surface area (Å²) in [6.45, 7) is 0. The zero-order valence-electron chi connectivity index (χ0n) is 18.9. The number of nitrogens with zero attached hydrogens (tertiary/aromatic N) is 1. The Balaban J connectivity index is 0.00000272. The van der Waals surface area contributed by atoms with E-state index in [0.717, 1.165) is 17.5 Å². The number of benzene rings is 2. The second-order valence-corrected chi connectivity index (χ2v) is 7.27. The summed E-state index contributed by atoms with van der Waals surface area (Å²) in [7, 11) is 1.47. The van der Waals surface area contributed by atoms with Crippen LogP contribution in [-0.4, -0.2) is 46.8 Å². The molecule has 0 aliphatic carbocycles. The molecule has 9 heteroatoms. The van der Waals surface area contributed by atoms with E-state index in [4.69, 9.17) is 0 Å². The van der Waals surface area contributed by atoms with Gasteiger partial charge in [-0.05, 0) is 23.1 Å². The normalized spacial score (nSPS) is 16.2. The first kappa shape index (κ1) is 25.3. The predicted octanol–water partition coefficient (Wildman–Crippen LogP) is -0.868. The molecule has 0 saturated heterocycles. The van der Waals surface area contributed by atoms with Crippen LogP contribution in [0.25, 0.3) is 0 Å². The summed E-state index contributed by atoms with van der Waals surface area (Å²) in [5.74, 6) is -2.20. The number of carbonyl (C=O) groups excluding carboxylic acids is 3. The molecule has 2 aromatic carbocycles. The Bertz CT molecular complexity index is 1010. The van der Waals surface area contributed by atoms with E-state index in [2.05, 4.69) is 10.6 Å². The van der Waals surface area contributed by atoms with Gasteiger partial charge in [-0.3, -0.25) is 14.4 Å². The number of nitrogens with one attached hydrogen (secondary N) is 2. The largest absolute Gasteiger partial charge is 1.00 e. The van der Waals surface area contributed by atoms with E-state index in [-0.39, 0.29) is 37.4 Å². The Morgan fingerprint density at radius 1 is 1.06 bits per heavy atom. The first-order valence-electron chi connectivity index (χ1n) is 9.74. The number of carboxylic acid groups (broad SMARTS) is 1. The van der Waals surface area contributed by atoms with Crippen LogP contribution in [0.2, 0.25) is 0 Å². The van der Waals surface area contributed by atoms with Gasteiger partial charge in [0.2, 0.25) is 0 Å². The number of hydrogen-bond acceptors (Lipinski definition) is 4. The number of rotatable bonds is 7. The van der Waals surface area contributed by atoms with E-state index >= 15 is 0 Å². The second-order valence-electron chi connectivity index (χ2n) is 7.27. The molecule has 1 aliphatic heterocycles. The van der Waals surface area contributed by atoms with E-state index in [9.17, 15) is 24.3 Å². The molecule has 8 nitrogen and oxygen atoms in total. The van der Waals surface area contributed by atoms with Crippen molar-refractivity contribution in [2.24, 2.45) is 0 Å². The summed E-state index contributed by atoms with van der Waals surface area (Å²) in [5, 5.41) is 14.1.